The van der Waals surface area contributed by atoms with E-state index in [1.165, 1.54) is 0 Å². The number of aromatic nitrogens is 4. The van der Waals surface area contributed by atoms with Gasteiger partial charge in [0.25, 0.3) is 0 Å². The minimum absolute atomic E-state index is 0.171. The number of rotatable bonds is 6. The summed E-state index contributed by atoms with van der Waals surface area (Å²) in [4.78, 5) is 17.1. The summed E-state index contributed by atoms with van der Waals surface area (Å²) in [6.07, 6.45) is 0. The van der Waals surface area contributed by atoms with Crippen LogP contribution in [-0.2, 0) is 0 Å². The molecule has 0 fully saturated rings. The molecule has 2 aromatic carbocycles. The first kappa shape index (κ1) is 17.4. The molecule has 0 amide bonds. The van der Waals surface area contributed by atoms with Crippen LogP contribution in [0.5, 0.6) is 11.8 Å². The largest absolute Gasteiger partial charge is 0.481 e. The number of benzene rings is 2. The number of nitrogens with zero attached hydrogens (tertiary/aromatic N) is 3. The van der Waals surface area contributed by atoms with Crippen LogP contribution >= 0.6 is 11.8 Å². The molecule has 2 aromatic heterocycles. The second kappa shape index (κ2) is 7.67. The topological polar surface area (TPSA) is 72.9 Å². The summed E-state index contributed by atoms with van der Waals surface area (Å²) >= 11 is 1.56. The van der Waals surface area contributed by atoms with Crippen LogP contribution in [0.1, 0.15) is 16.6 Å². The SMILES string of the molecule is COc1cc(OC)nc([C@@H](Sc2nc3ccccc3[nH]2)c2ccccc2)n1. The molecule has 4 rings (SSSR count). The summed E-state index contributed by atoms with van der Waals surface area (Å²) in [5.74, 6) is 1.52. The predicted octanol–water partition coefficient (Wildman–Crippen LogP) is 4.25. The summed E-state index contributed by atoms with van der Waals surface area (Å²) in [5.41, 5.74) is 2.99. The fourth-order valence-electron chi connectivity index (χ4n) is 2.74. The van der Waals surface area contributed by atoms with E-state index in [0.717, 1.165) is 21.8 Å². The van der Waals surface area contributed by atoms with Gasteiger partial charge in [-0.25, -0.2) is 4.98 Å². The average Bonchev–Trinajstić information content (AvgIpc) is 3.15. The first-order valence-corrected chi connectivity index (χ1v) is 9.28. The van der Waals surface area contributed by atoms with E-state index in [1.807, 2.05) is 42.5 Å². The highest BCUT2D eigenvalue weighted by molar-refractivity contribution is 7.99. The molecule has 0 bridgehead atoms. The van der Waals surface area contributed by atoms with Gasteiger partial charge in [-0.15, -0.1) is 0 Å². The quantitative estimate of drug-likeness (QED) is 0.506. The number of aromatic amines is 1. The zero-order chi connectivity index (χ0) is 18.6. The van der Waals surface area contributed by atoms with Crippen molar-refractivity contribution >= 4 is 22.8 Å². The van der Waals surface area contributed by atoms with Gasteiger partial charge in [-0.1, -0.05) is 54.2 Å². The van der Waals surface area contributed by atoms with Crippen molar-refractivity contribution in [3.05, 3.63) is 72.1 Å². The van der Waals surface area contributed by atoms with Crippen molar-refractivity contribution in [3.63, 3.8) is 0 Å². The van der Waals surface area contributed by atoms with Gasteiger partial charge < -0.3 is 14.5 Å². The maximum Gasteiger partial charge on any atom is 0.220 e. The van der Waals surface area contributed by atoms with Gasteiger partial charge in [-0.2, -0.15) is 9.97 Å². The first-order chi connectivity index (χ1) is 13.3. The number of H-pyrrole nitrogens is 1. The minimum atomic E-state index is -0.171. The molecule has 6 nitrogen and oxygen atoms in total. The van der Waals surface area contributed by atoms with Gasteiger partial charge in [-0.3, -0.25) is 0 Å². The van der Waals surface area contributed by atoms with E-state index in [0.29, 0.717) is 17.6 Å². The number of para-hydroxylation sites is 2. The third-order valence-corrected chi connectivity index (χ3v) is 5.18. The summed E-state index contributed by atoms with van der Waals surface area (Å²) in [6, 6.07) is 19.7. The summed E-state index contributed by atoms with van der Waals surface area (Å²) in [7, 11) is 3.16. The van der Waals surface area contributed by atoms with E-state index in [9.17, 15) is 0 Å². The molecule has 0 aliphatic heterocycles. The summed E-state index contributed by atoms with van der Waals surface area (Å²) in [6.45, 7) is 0. The van der Waals surface area contributed by atoms with Gasteiger partial charge in [0.1, 0.15) is 0 Å². The van der Waals surface area contributed by atoms with Crippen LogP contribution in [0.3, 0.4) is 0 Å². The molecule has 1 N–H and O–H groups in total. The maximum absolute atomic E-state index is 5.32. The Morgan fingerprint density at radius 2 is 1.52 bits per heavy atom. The minimum Gasteiger partial charge on any atom is -0.481 e. The van der Waals surface area contributed by atoms with Crippen molar-refractivity contribution in [2.24, 2.45) is 0 Å². The molecular weight excluding hydrogens is 360 g/mol. The molecule has 2 heterocycles. The smallest absolute Gasteiger partial charge is 0.220 e. The molecule has 4 aromatic rings. The van der Waals surface area contributed by atoms with E-state index in [2.05, 4.69) is 32.1 Å². The molecular formula is C20H18N4O2S. The van der Waals surface area contributed by atoms with Crippen molar-refractivity contribution < 1.29 is 9.47 Å². The second-order valence-corrected chi connectivity index (χ2v) is 6.87. The number of ether oxygens (including phenoxy) is 2. The predicted molar refractivity (Wildman–Crippen MR) is 105 cm³/mol. The zero-order valence-corrected chi connectivity index (χ0v) is 15.7. The highest BCUT2D eigenvalue weighted by atomic mass is 32.2. The Labute approximate surface area is 161 Å². The first-order valence-electron chi connectivity index (χ1n) is 8.40. The van der Waals surface area contributed by atoms with Gasteiger partial charge in [-0.05, 0) is 17.7 Å². The summed E-state index contributed by atoms with van der Waals surface area (Å²) in [5, 5.41) is 0.631. The lowest BCUT2D eigenvalue weighted by Crippen LogP contribution is -2.06. The maximum atomic E-state index is 5.32. The van der Waals surface area contributed by atoms with Gasteiger partial charge in [0.2, 0.25) is 11.8 Å². The molecule has 0 saturated heterocycles. The lowest BCUT2D eigenvalue weighted by molar-refractivity contribution is 0.368. The zero-order valence-electron chi connectivity index (χ0n) is 14.9. The van der Waals surface area contributed by atoms with Crippen molar-refractivity contribution in [1.29, 1.82) is 0 Å². The van der Waals surface area contributed by atoms with Crippen LogP contribution in [0.15, 0.2) is 65.8 Å². The van der Waals surface area contributed by atoms with Crippen LogP contribution < -0.4 is 9.47 Å². The molecule has 0 spiro atoms. The highest BCUT2D eigenvalue weighted by Crippen LogP contribution is 2.39. The molecule has 136 valence electrons. The number of hydrogen-bond donors (Lipinski definition) is 1. The third-order valence-electron chi connectivity index (χ3n) is 4.05. The molecule has 0 unspecified atom stereocenters. The Kier molecular flexibility index (Phi) is 4.93. The number of hydrogen-bond acceptors (Lipinski definition) is 6. The molecule has 1 atom stereocenters. The number of imidazole rings is 1. The van der Waals surface area contributed by atoms with Crippen molar-refractivity contribution in [1.82, 2.24) is 19.9 Å². The lowest BCUT2D eigenvalue weighted by Gasteiger charge is -2.16. The van der Waals surface area contributed by atoms with Crippen LogP contribution in [0.4, 0.5) is 0 Å². The van der Waals surface area contributed by atoms with Gasteiger partial charge in [0.15, 0.2) is 11.0 Å². The van der Waals surface area contributed by atoms with Gasteiger partial charge in [0.05, 0.1) is 36.6 Å². The Morgan fingerprint density at radius 3 is 2.19 bits per heavy atom. The average molecular weight is 378 g/mol. The Bertz CT molecular complexity index is 997. The fraction of sp³-hybridized carbons (Fsp3) is 0.150. The molecule has 0 aliphatic carbocycles. The monoisotopic (exact) mass is 378 g/mol. The van der Waals surface area contributed by atoms with E-state index in [-0.39, 0.29) is 5.25 Å². The van der Waals surface area contributed by atoms with E-state index in [4.69, 9.17) is 9.47 Å². The molecule has 0 radical (unpaired) electrons. The molecule has 7 heteroatoms. The number of thioether (sulfide) groups is 1. The Morgan fingerprint density at radius 1 is 0.852 bits per heavy atom. The van der Waals surface area contributed by atoms with Crippen molar-refractivity contribution in [3.8, 4) is 11.8 Å². The van der Waals surface area contributed by atoms with Crippen LogP contribution in [-0.4, -0.2) is 34.2 Å². The van der Waals surface area contributed by atoms with Gasteiger partial charge >= 0.3 is 0 Å². The van der Waals surface area contributed by atoms with E-state index < -0.39 is 0 Å². The van der Waals surface area contributed by atoms with Crippen LogP contribution in [0.25, 0.3) is 11.0 Å². The van der Waals surface area contributed by atoms with E-state index >= 15 is 0 Å². The number of methoxy groups -OCH3 is 2. The van der Waals surface area contributed by atoms with Gasteiger partial charge in [0, 0.05) is 0 Å². The summed E-state index contributed by atoms with van der Waals surface area (Å²) < 4.78 is 10.6. The molecule has 0 saturated carbocycles. The molecule has 0 aliphatic rings. The Hall–Kier alpha value is -3.06. The number of nitrogens with one attached hydrogen (secondary N) is 1. The number of fused-ring (bicyclic) bond motifs is 1. The third kappa shape index (κ3) is 3.73. The van der Waals surface area contributed by atoms with E-state index in [1.54, 1.807) is 32.0 Å². The van der Waals surface area contributed by atoms with Crippen molar-refractivity contribution in [2.75, 3.05) is 14.2 Å². The fourth-order valence-corrected chi connectivity index (χ4v) is 3.79. The molecule has 27 heavy (non-hydrogen) atoms. The van der Waals surface area contributed by atoms with Crippen LogP contribution in [0, 0.1) is 0 Å². The highest BCUT2D eigenvalue weighted by Gasteiger charge is 2.22. The normalized spacial score (nSPS) is 12.1. The van der Waals surface area contributed by atoms with Crippen LogP contribution in [0.2, 0.25) is 0 Å². The Balaban J connectivity index is 1.78. The van der Waals surface area contributed by atoms with Crippen molar-refractivity contribution in [2.45, 2.75) is 10.4 Å². The lowest BCUT2D eigenvalue weighted by atomic mass is 10.1. The second-order valence-electron chi connectivity index (χ2n) is 5.78. The standard InChI is InChI=1S/C20H18N4O2S/c1-25-16-12-17(26-2)24-19(23-16)18(13-8-4-3-5-9-13)27-20-21-14-10-6-7-11-15(14)22-20/h3-12,18H,1-2H3,(H,21,22)/t18-/m0/s1.